The molecule has 0 atom stereocenters. The fraction of sp³-hybridized carbons (Fsp3) is 0.562. The number of halogens is 1. The summed E-state index contributed by atoms with van der Waals surface area (Å²) < 4.78 is 26.9. The third-order valence-electron chi connectivity index (χ3n) is 4.40. The molecule has 128 valence electrons. The van der Waals surface area contributed by atoms with Crippen LogP contribution < -0.4 is 4.72 Å². The Labute approximate surface area is 142 Å². The molecule has 0 aliphatic heterocycles. The molecule has 0 radical (unpaired) electrons. The van der Waals surface area contributed by atoms with Gasteiger partial charge >= 0.3 is 5.97 Å². The Balaban J connectivity index is 1.75. The first-order valence-corrected chi connectivity index (χ1v) is 9.70. The lowest BCUT2D eigenvalue weighted by molar-refractivity contribution is -0.138. The average Bonchev–Trinajstić information content (AvgIpc) is 2.49. The van der Waals surface area contributed by atoms with Gasteiger partial charge in [0.15, 0.2) is 0 Å². The van der Waals surface area contributed by atoms with Crippen LogP contribution in [0, 0.1) is 11.8 Å². The summed E-state index contributed by atoms with van der Waals surface area (Å²) in [7, 11) is -3.49. The first-order valence-electron chi connectivity index (χ1n) is 7.84. The largest absolute Gasteiger partial charge is 0.481 e. The number of carboxylic acid groups (broad SMARTS) is 1. The van der Waals surface area contributed by atoms with Crippen molar-refractivity contribution in [3.63, 3.8) is 0 Å². The summed E-state index contributed by atoms with van der Waals surface area (Å²) in [5.41, 5.74) is 0. The lowest BCUT2D eigenvalue weighted by Crippen LogP contribution is -2.27. The molecule has 2 N–H and O–H groups in total. The van der Waals surface area contributed by atoms with Gasteiger partial charge in [-0.2, -0.15) is 0 Å². The van der Waals surface area contributed by atoms with Crippen LogP contribution in [0.3, 0.4) is 0 Å². The van der Waals surface area contributed by atoms with E-state index in [0.717, 1.165) is 32.1 Å². The number of carbonyl (C=O) groups is 1. The van der Waals surface area contributed by atoms with Crippen LogP contribution in [-0.2, 0) is 14.8 Å². The van der Waals surface area contributed by atoms with E-state index in [-0.39, 0.29) is 17.2 Å². The van der Waals surface area contributed by atoms with E-state index in [1.54, 1.807) is 12.1 Å². The maximum atomic E-state index is 12.1. The standard InChI is InChI=1S/C16H22ClNO4S/c17-14-5-7-15(8-6-14)23(21,22)18-10-9-12-1-3-13(4-2-12)11-16(19)20/h5-8,12-13,18H,1-4,9-11H2,(H,19,20)/t12-,13-. The smallest absolute Gasteiger partial charge is 0.303 e. The van der Waals surface area contributed by atoms with Crippen molar-refractivity contribution in [2.24, 2.45) is 11.8 Å². The van der Waals surface area contributed by atoms with E-state index in [0.29, 0.717) is 17.5 Å². The number of hydrogen-bond donors (Lipinski definition) is 2. The molecular weight excluding hydrogens is 338 g/mol. The van der Waals surface area contributed by atoms with E-state index in [2.05, 4.69) is 4.72 Å². The number of benzene rings is 1. The molecule has 7 heteroatoms. The highest BCUT2D eigenvalue weighted by molar-refractivity contribution is 7.89. The van der Waals surface area contributed by atoms with Crippen LogP contribution in [0.15, 0.2) is 29.2 Å². The third kappa shape index (κ3) is 5.79. The highest BCUT2D eigenvalue weighted by Gasteiger charge is 2.23. The molecule has 0 bridgehead atoms. The topological polar surface area (TPSA) is 83.5 Å². The van der Waals surface area contributed by atoms with Gasteiger partial charge in [0.05, 0.1) is 4.90 Å². The normalized spacial score (nSPS) is 22.0. The minimum absolute atomic E-state index is 0.215. The van der Waals surface area contributed by atoms with E-state index in [1.165, 1.54) is 12.1 Å². The Morgan fingerprint density at radius 1 is 1.13 bits per heavy atom. The predicted octanol–water partition coefficient (Wildman–Crippen LogP) is 3.29. The molecule has 23 heavy (non-hydrogen) atoms. The number of aliphatic carboxylic acids is 1. The van der Waals surface area contributed by atoms with Crippen LogP contribution >= 0.6 is 11.6 Å². The number of sulfonamides is 1. The molecule has 2 rings (SSSR count). The predicted molar refractivity (Wildman–Crippen MR) is 89.0 cm³/mol. The molecule has 1 aromatic carbocycles. The average molecular weight is 360 g/mol. The maximum absolute atomic E-state index is 12.1. The van der Waals surface area contributed by atoms with Crippen LogP contribution in [0.5, 0.6) is 0 Å². The van der Waals surface area contributed by atoms with E-state index >= 15 is 0 Å². The molecular formula is C16H22ClNO4S. The van der Waals surface area contributed by atoms with Crippen molar-refractivity contribution in [2.45, 2.75) is 43.4 Å². The Hall–Kier alpha value is -1.11. The van der Waals surface area contributed by atoms with Gasteiger partial charge in [-0.3, -0.25) is 4.79 Å². The number of nitrogens with one attached hydrogen (secondary N) is 1. The van der Waals surface area contributed by atoms with Crippen LogP contribution in [-0.4, -0.2) is 26.0 Å². The minimum atomic E-state index is -3.49. The summed E-state index contributed by atoms with van der Waals surface area (Å²) in [5, 5.41) is 9.30. The monoisotopic (exact) mass is 359 g/mol. The highest BCUT2D eigenvalue weighted by Crippen LogP contribution is 2.32. The number of hydrogen-bond acceptors (Lipinski definition) is 3. The molecule has 1 aromatic rings. The van der Waals surface area contributed by atoms with Crippen molar-refractivity contribution in [2.75, 3.05) is 6.54 Å². The van der Waals surface area contributed by atoms with E-state index in [1.807, 2.05) is 0 Å². The SMILES string of the molecule is O=C(O)C[C@H]1CC[C@H](CCNS(=O)(=O)c2ccc(Cl)cc2)CC1. The first kappa shape index (κ1) is 18.2. The number of rotatable bonds is 7. The van der Waals surface area contributed by atoms with Crippen molar-refractivity contribution in [3.8, 4) is 0 Å². The van der Waals surface area contributed by atoms with Gasteiger partial charge in [-0.1, -0.05) is 24.4 Å². The third-order valence-corrected chi connectivity index (χ3v) is 6.13. The fourth-order valence-electron chi connectivity index (χ4n) is 3.07. The van der Waals surface area contributed by atoms with E-state index in [9.17, 15) is 13.2 Å². The second-order valence-corrected chi connectivity index (χ2v) is 8.33. The van der Waals surface area contributed by atoms with Gasteiger partial charge in [-0.15, -0.1) is 0 Å². The fourth-order valence-corrected chi connectivity index (χ4v) is 4.24. The summed E-state index contributed by atoms with van der Waals surface area (Å²) in [5.74, 6) is 0.00615. The molecule has 0 saturated heterocycles. The molecule has 1 saturated carbocycles. The van der Waals surface area contributed by atoms with Crippen molar-refractivity contribution in [3.05, 3.63) is 29.3 Å². The van der Waals surface area contributed by atoms with Crippen LogP contribution in [0.25, 0.3) is 0 Å². The molecule has 1 aliphatic rings. The second-order valence-electron chi connectivity index (χ2n) is 6.12. The zero-order valence-corrected chi connectivity index (χ0v) is 14.4. The molecule has 0 aromatic heterocycles. The summed E-state index contributed by atoms with van der Waals surface area (Å²) in [4.78, 5) is 10.9. The van der Waals surface area contributed by atoms with Gasteiger partial charge in [0, 0.05) is 18.0 Å². The Morgan fingerprint density at radius 3 is 2.26 bits per heavy atom. The Morgan fingerprint density at radius 2 is 1.70 bits per heavy atom. The van der Waals surface area contributed by atoms with Crippen LogP contribution in [0.4, 0.5) is 0 Å². The minimum Gasteiger partial charge on any atom is -0.481 e. The zero-order valence-electron chi connectivity index (χ0n) is 12.9. The molecule has 5 nitrogen and oxygen atoms in total. The second kappa shape index (κ2) is 8.13. The van der Waals surface area contributed by atoms with Crippen LogP contribution in [0.1, 0.15) is 38.5 Å². The van der Waals surface area contributed by atoms with E-state index < -0.39 is 16.0 Å². The van der Waals surface area contributed by atoms with Gasteiger partial charge in [0.2, 0.25) is 10.0 Å². The van der Waals surface area contributed by atoms with Gasteiger partial charge < -0.3 is 5.11 Å². The number of carboxylic acids is 1. The Bertz CT molecular complexity index is 622. The maximum Gasteiger partial charge on any atom is 0.303 e. The molecule has 0 unspecified atom stereocenters. The molecule has 0 amide bonds. The summed E-state index contributed by atoms with van der Waals surface area (Å²) in [6.07, 6.45) is 4.81. The lowest BCUT2D eigenvalue weighted by Gasteiger charge is -2.27. The van der Waals surface area contributed by atoms with Crippen molar-refractivity contribution < 1.29 is 18.3 Å². The van der Waals surface area contributed by atoms with Crippen molar-refractivity contribution in [1.29, 1.82) is 0 Å². The van der Waals surface area contributed by atoms with Gasteiger partial charge in [0.25, 0.3) is 0 Å². The summed E-state index contributed by atoms with van der Waals surface area (Å²) in [6, 6.07) is 6.09. The van der Waals surface area contributed by atoms with E-state index in [4.69, 9.17) is 16.7 Å². The molecule has 1 aliphatic carbocycles. The molecule has 0 spiro atoms. The van der Waals surface area contributed by atoms with Gasteiger partial charge in [-0.25, -0.2) is 13.1 Å². The van der Waals surface area contributed by atoms with Crippen molar-refractivity contribution in [1.82, 2.24) is 4.72 Å². The van der Waals surface area contributed by atoms with Gasteiger partial charge in [-0.05, 0) is 55.4 Å². The van der Waals surface area contributed by atoms with Gasteiger partial charge in [0.1, 0.15) is 0 Å². The Kier molecular flexibility index (Phi) is 6.44. The molecule has 0 heterocycles. The summed E-state index contributed by atoms with van der Waals surface area (Å²) >= 11 is 5.76. The highest BCUT2D eigenvalue weighted by atomic mass is 35.5. The zero-order chi connectivity index (χ0) is 16.9. The molecule has 1 fully saturated rings. The first-order chi connectivity index (χ1) is 10.9. The summed E-state index contributed by atoms with van der Waals surface area (Å²) in [6.45, 7) is 0.402. The van der Waals surface area contributed by atoms with Crippen molar-refractivity contribution >= 4 is 27.6 Å². The quantitative estimate of drug-likeness (QED) is 0.782. The lowest BCUT2D eigenvalue weighted by atomic mass is 9.79. The van der Waals surface area contributed by atoms with Crippen LogP contribution in [0.2, 0.25) is 5.02 Å².